The van der Waals surface area contributed by atoms with Crippen molar-refractivity contribution in [2.24, 2.45) is 11.8 Å². The van der Waals surface area contributed by atoms with E-state index in [0.29, 0.717) is 25.1 Å². The van der Waals surface area contributed by atoms with Crippen LogP contribution in [-0.2, 0) is 17.7 Å². The molecule has 0 aliphatic carbocycles. The van der Waals surface area contributed by atoms with Gasteiger partial charge in [-0.2, -0.15) is 18.3 Å². The first-order chi connectivity index (χ1) is 13.9. The maximum atomic E-state index is 12.9. The molecule has 0 aromatic carbocycles. The number of alkyl halides is 3. The van der Waals surface area contributed by atoms with Crippen LogP contribution in [-0.4, -0.2) is 58.1 Å². The van der Waals surface area contributed by atoms with Gasteiger partial charge in [0.25, 0.3) is 5.91 Å². The van der Waals surface area contributed by atoms with E-state index in [1.807, 2.05) is 0 Å². The van der Waals surface area contributed by atoms with E-state index < -0.39 is 23.8 Å². The third-order valence-electron chi connectivity index (χ3n) is 5.59. The molecule has 1 aromatic heterocycles. The van der Waals surface area contributed by atoms with E-state index in [2.05, 4.69) is 10.4 Å². The molecule has 1 unspecified atom stereocenters. The Morgan fingerprint density at radius 2 is 1.83 bits per heavy atom. The van der Waals surface area contributed by atoms with E-state index >= 15 is 0 Å². The predicted molar refractivity (Wildman–Crippen MR) is 103 cm³/mol. The molecule has 2 aliphatic heterocycles. The summed E-state index contributed by atoms with van der Waals surface area (Å²) in [7, 11) is 0. The summed E-state index contributed by atoms with van der Waals surface area (Å²) in [6.07, 6.45) is -1.95. The van der Waals surface area contributed by atoms with Crippen LogP contribution in [0, 0.1) is 11.8 Å². The van der Waals surface area contributed by atoms with Gasteiger partial charge in [0.1, 0.15) is 5.60 Å². The number of halogens is 3. The average molecular weight is 430 g/mol. The maximum absolute atomic E-state index is 12.9. The Morgan fingerprint density at radius 1 is 1.17 bits per heavy atom. The van der Waals surface area contributed by atoms with Gasteiger partial charge in [-0.1, -0.05) is 0 Å². The molecule has 1 fully saturated rings. The monoisotopic (exact) mass is 430 g/mol. The summed E-state index contributed by atoms with van der Waals surface area (Å²) in [5, 5.41) is 7.05. The van der Waals surface area contributed by atoms with E-state index in [4.69, 9.17) is 4.74 Å². The van der Waals surface area contributed by atoms with Crippen molar-refractivity contribution in [3.8, 4) is 0 Å². The van der Waals surface area contributed by atoms with Crippen LogP contribution in [0.2, 0.25) is 0 Å². The highest BCUT2D eigenvalue weighted by atomic mass is 19.4. The summed E-state index contributed by atoms with van der Waals surface area (Å²) in [5.74, 6) is -1.48. The van der Waals surface area contributed by atoms with E-state index in [1.54, 1.807) is 25.5 Å². The Bertz CT molecular complexity index is 777. The lowest BCUT2D eigenvalue weighted by atomic mass is 9.93. The highest BCUT2D eigenvalue weighted by Crippen LogP contribution is 2.34. The van der Waals surface area contributed by atoms with Crippen LogP contribution >= 0.6 is 0 Å². The lowest BCUT2D eigenvalue weighted by Crippen LogP contribution is -2.42. The fourth-order valence-electron chi connectivity index (χ4n) is 3.97. The van der Waals surface area contributed by atoms with Crippen LogP contribution in [0.4, 0.5) is 18.0 Å². The number of carbonyl (C=O) groups is 2. The number of alkyl carbamates (subject to hydrolysis) is 1. The van der Waals surface area contributed by atoms with Gasteiger partial charge in [0.15, 0.2) is 0 Å². The molecule has 3 rings (SSSR count). The Morgan fingerprint density at radius 3 is 2.43 bits per heavy atom. The van der Waals surface area contributed by atoms with Crippen molar-refractivity contribution in [1.29, 1.82) is 0 Å². The quantitative estimate of drug-likeness (QED) is 0.798. The zero-order valence-corrected chi connectivity index (χ0v) is 17.6. The first-order valence-corrected chi connectivity index (χ1v) is 10.3. The summed E-state index contributed by atoms with van der Waals surface area (Å²) in [6.45, 7) is 6.61. The van der Waals surface area contributed by atoms with Gasteiger partial charge in [-0.15, -0.1) is 0 Å². The van der Waals surface area contributed by atoms with Gasteiger partial charge >= 0.3 is 12.3 Å². The number of hydrogen-bond acceptors (Lipinski definition) is 4. The molecule has 1 N–H and O–H groups in total. The zero-order chi connectivity index (χ0) is 22.1. The number of carbonyl (C=O) groups excluding carboxylic acids is 2. The number of aromatic nitrogens is 2. The van der Waals surface area contributed by atoms with E-state index in [1.165, 1.54) is 11.1 Å². The van der Waals surface area contributed by atoms with E-state index in [-0.39, 0.29) is 37.8 Å². The Kier molecular flexibility index (Phi) is 6.33. The topological polar surface area (TPSA) is 76.5 Å². The Hall–Kier alpha value is -2.26. The number of aryl methyl sites for hydroxylation is 1. The molecule has 168 valence electrons. The van der Waals surface area contributed by atoms with Gasteiger partial charge in [-0.25, -0.2) is 4.79 Å². The van der Waals surface area contributed by atoms with E-state index in [0.717, 1.165) is 12.1 Å². The molecule has 1 saturated heterocycles. The number of rotatable bonds is 3. The van der Waals surface area contributed by atoms with Gasteiger partial charge in [0, 0.05) is 26.2 Å². The summed E-state index contributed by atoms with van der Waals surface area (Å²) in [5.41, 5.74) is 0.650. The standard InChI is InChI=1S/C20H29F3N4O3/c1-19(2,3)30-18(29)24-11-13-4-9-27-16(10-13)15(12-25-27)17(28)26-7-5-14(6-8-26)20(21,22)23/h12-14H,4-11H2,1-3H3,(H,24,29). The zero-order valence-electron chi connectivity index (χ0n) is 17.6. The molecule has 3 heterocycles. The highest BCUT2D eigenvalue weighted by molar-refractivity contribution is 5.95. The fraction of sp³-hybridized carbons (Fsp3) is 0.750. The van der Waals surface area contributed by atoms with E-state index in [9.17, 15) is 22.8 Å². The van der Waals surface area contributed by atoms with Crippen molar-refractivity contribution < 1.29 is 27.5 Å². The first kappa shape index (κ1) is 22.4. The minimum Gasteiger partial charge on any atom is -0.444 e. The normalized spacial score (nSPS) is 20.6. The van der Waals surface area contributed by atoms with Crippen molar-refractivity contribution >= 4 is 12.0 Å². The fourth-order valence-corrected chi connectivity index (χ4v) is 3.97. The van der Waals surface area contributed by atoms with Crippen LogP contribution in [0.3, 0.4) is 0 Å². The summed E-state index contributed by atoms with van der Waals surface area (Å²) in [6, 6.07) is 0. The number of nitrogens with zero attached hydrogens (tertiary/aromatic N) is 3. The summed E-state index contributed by atoms with van der Waals surface area (Å²) >= 11 is 0. The van der Waals surface area contributed by atoms with Gasteiger partial charge in [0.05, 0.1) is 23.4 Å². The van der Waals surface area contributed by atoms with Crippen LogP contribution in [0.1, 0.15) is 56.1 Å². The molecule has 10 heteroatoms. The van der Waals surface area contributed by atoms with Gasteiger partial charge in [-0.3, -0.25) is 9.48 Å². The Labute approximate surface area is 173 Å². The molecule has 1 atom stereocenters. The summed E-state index contributed by atoms with van der Waals surface area (Å²) in [4.78, 5) is 26.3. The second-order valence-electron chi connectivity index (χ2n) is 9.08. The number of amides is 2. The molecule has 2 aliphatic rings. The van der Waals surface area contributed by atoms with Crippen LogP contribution < -0.4 is 5.32 Å². The molecular formula is C20H29F3N4O3. The van der Waals surface area contributed by atoms with Gasteiger partial charge < -0.3 is 15.0 Å². The van der Waals surface area contributed by atoms with Crippen molar-refractivity contribution in [3.63, 3.8) is 0 Å². The smallest absolute Gasteiger partial charge is 0.407 e. The number of likely N-dealkylation sites (tertiary alicyclic amines) is 1. The first-order valence-electron chi connectivity index (χ1n) is 10.3. The molecule has 7 nitrogen and oxygen atoms in total. The minimum absolute atomic E-state index is 0.0683. The lowest BCUT2D eigenvalue weighted by molar-refractivity contribution is -0.183. The highest BCUT2D eigenvalue weighted by Gasteiger charge is 2.42. The maximum Gasteiger partial charge on any atom is 0.407 e. The molecule has 0 saturated carbocycles. The minimum atomic E-state index is -4.21. The molecule has 1 aromatic rings. The number of piperidine rings is 1. The molecule has 0 radical (unpaired) electrons. The predicted octanol–water partition coefficient (Wildman–Crippen LogP) is 3.38. The third-order valence-corrected chi connectivity index (χ3v) is 5.59. The largest absolute Gasteiger partial charge is 0.444 e. The Balaban J connectivity index is 1.58. The average Bonchev–Trinajstić information content (AvgIpc) is 3.07. The second-order valence-corrected chi connectivity index (χ2v) is 9.08. The second kappa shape index (κ2) is 8.47. The number of nitrogens with one attached hydrogen (secondary N) is 1. The summed E-state index contributed by atoms with van der Waals surface area (Å²) < 4.78 is 45.7. The van der Waals surface area contributed by atoms with Crippen molar-refractivity contribution in [3.05, 3.63) is 17.5 Å². The van der Waals surface area contributed by atoms with Crippen LogP contribution in [0.25, 0.3) is 0 Å². The van der Waals surface area contributed by atoms with Crippen molar-refractivity contribution in [2.75, 3.05) is 19.6 Å². The molecule has 2 amide bonds. The molecular weight excluding hydrogens is 401 g/mol. The number of hydrogen-bond donors (Lipinski definition) is 1. The molecule has 30 heavy (non-hydrogen) atoms. The molecule has 0 spiro atoms. The number of fused-ring (bicyclic) bond motifs is 1. The third kappa shape index (κ3) is 5.46. The van der Waals surface area contributed by atoms with Crippen LogP contribution in [0.15, 0.2) is 6.20 Å². The van der Waals surface area contributed by atoms with Crippen molar-refractivity contribution in [2.45, 2.75) is 64.8 Å². The van der Waals surface area contributed by atoms with Gasteiger partial charge in [-0.05, 0) is 52.4 Å². The van der Waals surface area contributed by atoms with Crippen LogP contribution in [0.5, 0.6) is 0 Å². The lowest BCUT2D eigenvalue weighted by Gasteiger charge is -2.33. The van der Waals surface area contributed by atoms with Gasteiger partial charge in [0.2, 0.25) is 0 Å². The van der Waals surface area contributed by atoms with Crippen molar-refractivity contribution in [1.82, 2.24) is 20.0 Å². The number of ether oxygens (including phenoxy) is 1. The molecule has 0 bridgehead atoms. The SMILES string of the molecule is CC(C)(C)OC(=O)NCC1CCn2ncc(C(=O)N3CCC(C(F)(F)F)CC3)c2C1.